The lowest BCUT2D eigenvalue weighted by Crippen LogP contribution is -2.74. The average molecular weight is 252 g/mol. The Morgan fingerprint density at radius 2 is 1.83 bits per heavy atom. The van der Waals surface area contributed by atoms with Crippen LogP contribution in [0.4, 0.5) is 0 Å². The maximum atomic E-state index is 12.8. The first-order valence-electron chi connectivity index (χ1n) is 7.06. The van der Waals surface area contributed by atoms with E-state index in [1.807, 2.05) is 25.7 Å². The van der Waals surface area contributed by atoms with Crippen LogP contribution in [0.2, 0.25) is 0 Å². The fourth-order valence-electron chi connectivity index (χ4n) is 3.29. The van der Waals surface area contributed by atoms with Crippen molar-refractivity contribution in [3.8, 4) is 0 Å². The summed E-state index contributed by atoms with van der Waals surface area (Å²) in [7, 11) is 0. The molecule has 0 bridgehead atoms. The van der Waals surface area contributed by atoms with Gasteiger partial charge in [0.25, 0.3) is 0 Å². The Bertz CT molecular complexity index is 370. The van der Waals surface area contributed by atoms with Crippen molar-refractivity contribution in [2.45, 2.75) is 76.9 Å². The van der Waals surface area contributed by atoms with Crippen molar-refractivity contribution in [2.75, 3.05) is 0 Å². The summed E-state index contributed by atoms with van der Waals surface area (Å²) in [4.78, 5) is 26.8. The number of hydrogen-bond donors (Lipinski definition) is 1. The number of nitrogens with one attached hydrogen (secondary N) is 1. The Balaban J connectivity index is 2.37. The zero-order valence-electron chi connectivity index (χ0n) is 11.9. The predicted molar refractivity (Wildman–Crippen MR) is 70.0 cm³/mol. The Labute approximate surface area is 109 Å². The van der Waals surface area contributed by atoms with Gasteiger partial charge in [-0.1, -0.05) is 13.8 Å². The van der Waals surface area contributed by atoms with Crippen LogP contribution in [-0.4, -0.2) is 33.8 Å². The standard InChI is InChI=1S/C14H24N2O2/c1-5-14(6-2)12(18)16(10(3)11(17)15-14)13(4)8-7-9-13/h10H,5-9H2,1-4H3,(H,15,17). The van der Waals surface area contributed by atoms with Gasteiger partial charge in [0, 0.05) is 5.54 Å². The molecule has 102 valence electrons. The molecule has 1 saturated heterocycles. The van der Waals surface area contributed by atoms with Gasteiger partial charge >= 0.3 is 0 Å². The highest BCUT2D eigenvalue weighted by Crippen LogP contribution is 2.41. The van der Waals surface area contributed by atoms with Gasteiger partial charge in [0.1, 0.15) is 11.6 Å². The molecular weight excluding hydrogens is 228 g/mol. The lowest BCUT2D eigenvalue weighted by Gasteiger charge is -2.55. The lowest BCUT2D eigenvalue weighted by atomic mass is 9.73. The van der Waals surface area contributed by atoms with Gasteiger partial charge in [0.2, 0.25) is 11.8 Å². The third-order valence-electron chi connectivity index (χ3n) is 4.98. The van der Waals surface area contributed by atoms with Crippen LogP contribution in [0.3, 0.4) is 0 Å². The molecule has 0 radical (unpaired) electrons. The summed E-state index contributed by atoms with van der Waals surface area (Å²) in [6.45, 7) is 7.89. The zero-order valence-corrected chi connectivity index (χ0v) is 11.9. The van der Waals surface area contributed by atoms with Gasteiger partial charge in [0.15, 0.2) is 0 Å². The van der Waals surface area contributed by atoms with E-state index >= 15 is 0 Å². The normalized spacial score (nSPS) is 29.8. The quantitative estimate of drug-likeness (QED) is 0.833. The van der Waals surface area contributed by atoms with Gasteiger partial charge in [-0.15, -0.1) is 0 Å². The molecule has 0 spiro atoms. The van der Waals surface area contributed by atoms with Crippen molar-refractivity contribution in [1.82, 2.24) is 10.2 Å². The molecule has 4 heteroatoms. The molecule has 1 N–H and O–H groups in total. The van der Waals surface area contributed by atoms with E-state index in [4.69, 9.17) is 0 Å². The highest BCUT2D eigenvalue weighted by atomic mass is 16.2. The first-order chi connectivity index (χ1) is 8.40. The molecular formula is C14H24N2O2. The summed E-state index contributed by atoms with van der Waals surface area (Å²) >= 11 is 0. The van der Waals surface area contributed by atoms with Gasteiger partial charge in [-0.3, -0.25) is 9.59 Å². The minimum atomic E-state index is -0.678. The molecule has 18 heavy (non-hydrogen) atoms. The van der Waals surface area contributed by atoms with Gasteiger partial charge in [-0.2, -0.15) is 0 Å². The minimum Gasteiger partial charge on any atom is -0.340 e. The summed E-state index contributed by atoms with van der Waals surface area (Å²) in [5.74, 6) is 0.105. The van der Waals surface area contributed by atoms with Crippen molar-refractivity contribution >= 4 is 11.8 Å². The predicted octanol–water partition coefficient (Wildman–Crippen LogP) is 1.83. The van der Waals surface area contributed by atoms with Crippen LogP contribution in [0.1, 0.15) is 59.8 Å². The molecule has 1 unspecified atom stereocenters. The van der Waals surface area contributed by atoms with Crippen LogP contribution in [0, 0.1) is 0 Å². The first kappa shape index (κ1) is 13.4. The molecule has 1 aliphatic carbocycles. The summed E-state index contributed by atoms with van der Waals surface area (Å²) in [5.41, 5.74) is -0.786. The molecule has 0 aromatic carbocycles. The van der Waals surface area contributed by atoms with Crippen LogP contribution < -0.4 is 5.32 Å². The third kappa shape index (κ3) is 1.65. The highest BCUT2D eigenvalue weighted by Gasteiger charge is 2.54. The van der Waals surface area contributed by atoms with E-state index in [2.05, 4.69) is 12.2 Å². The number of carbonyl (C=O) groups is 2. The summed E-state index contributed by atoms with van der Waals surface area (Å²) in [6.07, 6.45) is 4.50. The van der Waals surface area contributed by atoms with Crippen molar-refractivity contribution in [2.24, 2.45) is 0 Å². The number of amides is 2. The van der Waals surface area contributed by atoms with E-state index in [9.17, 15) is 9.59 Å². The highest BCUT2D eigenvalue weighted by molar-refractivity contribution is 6.00. The van der Waals surface area contributed by atoms with Crippen LogP contribution in [0.15, 0.2) is 0 Å². The molecule has 1 aliphatic heterocycles. The Hall–Kier alpha value is -1.06. The van der Waals surface area contributed by atoms with Crippen LogP contribution in [-0.2, 0) is 9.59 Å². The Kier molecular flexibility index (Phi) is 3.16. The number of hydrogen-bond acceptors (Lipinski definition) is 2. The lowest BCUT2D eigenvalue weighted by molar-refractivity contribution is -0.166. The number of carbonyl (C=O) groups excluding carboxylic acids is 2. The number of piperazine rings is 1. The molecule has 0 aromatic heterocycles. The molecule has 1 atom stereocenters. The fourth-order valence-corrected chi connectivity index (χ4v) is 3.29. The van der Waals surface area contributed by atoms with E-state index in [-0.39, 0.29) is 23.4 Å². The molecule has 2 aliphatic rings. The molecule has 2 fully saturated rings. The van der Waals surface area contributed by atoms with Gasteiger partial charge < -0.3 is 10.2 Å². The topological polar surface area (TPSA) is 49.4 Å². The monoisotopic (exact) mass is 252 g/mol. The smallest absolute Gasteiger partial charge is 0.249 e. The molecule has 2 rings (SSSR count). The SMILES string of the molecule is CCC1(CC)NC(=O)C(C)N(C2(C)CCC2)C1=O. The molecule has 0 aromatic rings. The zero-order chi connectivity index (χ0) is 13.6. The second-order valence-electron chi connectivity index (χ2n) is 5.98. The van der Waals surface area contributed by atoms with E-state index in [0.29, 0.717) is 12.8 Å². The van der Waals surface area contributed by atoms with Crippen LogP contribution >= 0.6 is 0 Å². The van der Waals surface area contributed by atoms with Gasteiger partial charge in [-0.05, 0) is 46.0 Å². The van der Waals surface area contributed by atoms with E-state index in [1.54, 1.807) is 0 Å². The summed E-state index contributed by atoms with van der Waals surface area (Å²) in [6, 6.07) is -0.339. The largest absolute Gasteiger partial charge is 0.340 e. The van der Waals surface area contributed by atoms with E-state index in [1.165, 1.54) is 0 Å². The maximum absolute atomic E-state index is 12.8. The van der Waals surface area contributed by atoms with Crippen molar-refractivity contribution in [1.29, 1.82) is 0 Å². The number of nitrogens with zero attached hydrogens (tertiary/aromatic N) is 1. The second kappa shape index (κ2) is 4.25. The first-order valence-corrected chi connectivity index (χ1v) is 7.06. The van der Waals surface area contributed by atoms with Crippen molar-refractivity contribution in [3.05, 3.63) is 0 Å². The van der Waals surface area contributed by atoms with E-state index in [0.717, 1.165) is 19.3 Å². The van der Waals surface area contributed by atoms with E-state index < -0.39 is 5.54 Å². The second-order valence-corrected chi connectivity index (χ2v) is 5.98. The molecule has 1 heterocycles. The van der Waals surface area contributed by atoms with Crippen LogP contribution in [0.5, 0.6) is 0 Å². The van der Waals surface area contributed by atoms with Crippen LogP contribution in [0.25, 0.3) is 0 Å². The fraction of sp³-hybridized carbons (Fsp3) is 0.857. The van der Waals surface area contributed by atoms with Gasteiger partial charge in [0.05, 0.1) is 0 Å². The van der Waals surface area contributed by atoms with Gasteiger partial charge in [-0.25, -0.2) is 0 Å². The molecule has 4 nitrogen and oxygen atoms in total. The summed E-state index contributed by atoms with van der Waals surface area (Å²) < 4.78 is 0. The maximum Gasteiger partial charge on any atom is 0.249 e. The number of rotatable bonds is 3. The van der Waals surface area contributed by atoms with Crippen molar-refractivity contribution < 1.29 is 9.59 Å². The molecule has 2 amide bonds. The third-order valence-corrected chi connectivity index (χ3v) is 4.98. The molecule has 1 saturated carbocycles. The minimum absolute atomic E-state index is 0.00794. The average Bonchev–Trinajstić information content (AvgIpc) is 2.32. The van der Waals surface area contributed by atoms with Crippen molar-refractivity contribution in [3.63, 3.8) is 0 Å². The Morgan fingerprint density at radius 1 is 1.28 bits per heavy atom. The Morgan fingerprint density at radius 3 is 2.22 bits per heavy atom. The summed E-state index contributed by atoms with van der Waals surface area (Å²) in [5, 5.41) is 2.95.